The first-order valence-electron chi connectivity index (χ1n) is 5.68. The minimum atomic E-state index is -2.11. The van der Waals surface area contributed by atoms with Crippen molar-refractivity contribution < 1.29 is 19.1 Å². The Morgan fingerprint density at radius 3 is 2.31 bits per heavy atom. The van der Waals surface area contributed by atoms with Crippen LogP contribution in [0.4, 0.5) is 0 Å². The third-order valence-corrected chi connectivity index (χ3v) is 7.99. The third kappa shape index (κ3) is 2.47. The van der Waals surface area contributed by atoms with Gasteiger partial charge in [0.15, 0.2) is 8.32 Å². The molecule has 16 heavy (non-hydrogen) atoms. The van der Waals surface area contributed by atoms with Gasteiger partial charge in [-0.1, -0.05) is 20.8 Å². The summed E-state index contributed by atoms with van der Waals surface area (Å²) in [5.41, 5.74) is 0. The van der Waals surface area contributed by atoms with Crippen LogP contribution in [0.25, 0.3) is 0 Å². The van der Waals surface area contributed by atoms with Gasteiger partial charge in [-0.3, -0.25) is 0 Å². The maximum absolute atomic E-state index is 11.3. The number of hydrogen-bond acceptors (Lipinski definition) is 3. The van der Waals surface area contributed by atoms with Crippen molar-refractivity contribution in [3.63, 3.8) is 0 Å². The Kier molecular flexibility index (Phi) is 3.52. The SMILES string of the molecule is CC(C)(C)[Si](C)(C)OC1(C(=O)O)CCCO1. The van der Waals surface area contributed by atoms with E-state index in [4.69, 9.17) is 9.16 Å². The predicted octanol–water partition coefficient (Wildman–Crippen LogP) is 2.60. The monoisotopic (exact) mass is 246 g/mol. The largest absolute Gasteiger partial charge is 0.477 e. The van der Waals surface area contributed by atoms with E-state index in [2.05, 4.69) is 20.8 Å². The van der Waals surface area contributed by atoms with E-state index in [-0.39, 0.29) is 5.04 Å². The second kappa shape index (κ2) is 4.12. The molecule has 1 heterocycles. The van der Waals surface area contributed by atoms with E-state index in [9.17, 15) is 9.90 Å². The molecule has 1 fully saturated rings. The summed E-state index contributed by atoms with van der Waals surface area (Å²) in [5, 5.41) is 9.25. The van der Waals surface area contributed by atoms with Crippen molar-refractivity contribution in [2.24, 2.45) is 0 Å². The quantitative estimate of drug-likeness (QED) is 0.778. The van der Waals surface area contributed by atoms with Gasteiger partial charge < -0.3 is 14.3 Å². The third-order valence-electron chi connectivity index (χ3n) is 3.54. The zero-order chi connectivity index (χ0) is 12.6. The molecule has 94 valence electrons. The van der Waals surface area contributed by atoms with Crippen LogP contribution < -0.4 is 0 Å². The van der Waals surface area contributed by atoms with Crippen molar-refractivity contribution in [2.75, 3.05) is 6.61 Å². The first-order valence-corrected chi connectivity index (χ1v) is 8.59. The van der Waals surface area contributed by atoms with Crippen LogP contribution in [0, 0.1) is 0 Å². The highest BCUT2D eigenvalue weighted by Gasteiger charge is 2.51. The number of carboxylic acids is 1. The minimum absolute atomic E-state index is 0.0125. The second-order valence-electron chi connectivity index (χ2n) is 5.87. The molecule has 1 unspecified atom stereocenters. The molecule has 0 bridgehead atoms. The van der Waals surface area contributed by atoms with E-state index in [0.717, 1.165) is 6.42 Å². The van der Waals surface area contributed by atoms with Crippen LogP contribution in [0.2, 0.25) is 18.1 Å². The van der Waals surface area contributed by atoms with Crippen molar-refractivity contribution in [2.45, 2.75) is 57.5 Å². The van der Waals surface area contributed by atoms with Gasteiger partial charge in [0.2, 0.25) is 0 Å². The molecule has 0 radical (unpaired) electrons. The number of ether oxygens (including phenoxy) is 1. The molecule has 0 aliphatic carbocycles. The zero-order valence-electron chi connectivity index (χ0n) is 10.8. The summed E-state index contributed by atoms with van der Waals surface area (Å²) in [4.78, 5) is 11.3. The number of rotatable bonds is 3. The van der Waals surface area contributed by atoms with Gasteiger partial charge in [0.25, 0.3) is 5.79 Å². The van der Waals surface area contributed by atoms with Crippen molar-refractivity contribution in [1.82, 2.24) is 0 Å². The maximum Gasteiger partial charge on any atom is 0.363 e. The highest BCUT2D eigenvalue weighted by Crippen LogP contribution is 2.41. The molecular formula is C11H22O4Si. The van der Waals surface area contributed by atoms with Crippen LogP contribution in [0.15, 0.2) is 0 Å². The highest BCUT2D eigenvalue weighted by molar-refractivity contribution is 6.74. The molecule has 0 spiro atoms. The summed E-state index contributed by atoms with van der Waals surface area (Å²) >= 11 is 0. The standard InChI is InChI=1S/C11H22O4Si/c1-10(2,3)16(4,5)15-11(9(12)13)7-6-8-14-11/h6-8H2,1-5H3,(H,12,13). The molecule has 4 nitrogen and oxygen atoms in total. The lowest BCUT2D eigenvalue weighted by molar-refractivity contribution is -0.200. The van der Waals surface area contributed by atoms with Gasteiger partial charge in [-0.05, 0) is 24.6 Å². The van der Waals surface area contributed by atoms with E-state index in [1.165, 1.54) is 0 Å². The smallest absolute Gasteiger partial charge is 0.363 e. The van der Waals surface area contributed by atoms with Crippen LogP contribution in [0.5, 0.6) is 0 Å². The second-order valence-corrected chi connectivity index (χ2v) is 10.6. The van der Waals surface area contributed by atoms with Gasteiger partial charge in [0.1, 0.15) is 0 Å². The Morgan fingerprint density at radius 2 is 2.00 bits per heavy atom. The Morgan fingerprint density at radius 1 is 1.44 bits per heavy atom. The van der Waals surface area contributed by atoms with Crippen LogP contribution in [-0.4, -0.2) is 31.8 Å². The fourth-order valence-corrected chi connectivity index (χ4v) is 2.85. The van der Waals surface area contributed by atoms with Gasteiger partial charge in [-0.2, -0.15) is 0 Å². The van der Waals surface area contributed by atoms with Crippen molar-refractivity contribution in [3.05, 3.63) is 0 Å². The van der Waals surface area contributed by atoms with Crippen LogP contribution >= 0.6 is 0 Å². The molecule has 1 aliphatic rings. The Bertz CT molecular complexity index is 274. The zero-order valence-corrected chi connectivity index (χ0v) is 11.8. The molecule has 1 saturated heterocycles. The number of hydrogen-bond donors (Lipinski definition) is 1. The summed E-state index contributed by atoms with van der Waals surface area (Å²) < 4.78 is 11.3. The molecular weight excluding hydrogens is 224 g/mol. The fourth-order valence-electron chi connectivity index (χ4n) is 1.47. The number of aliphatic carboxylic acids is 1. The minimum Gasteiger partial charge on any atom is -0.477 e. The van der Waals surface area contributed by atoms with E-state index in [1.54, 1.807) is 0 Å². The molecule has 1 aliphatic heterocycles. The Balaban J connectivity index is 2.89. The predicted molar refractivity (Wildman–Crippen MR) is 63.8 cm³/mol. The first-order chi connectivity index (χ1) is 7.11. The Labute approximate surface area is 98.1 Å². The van der Waals surface area contributed by atoms with E-state index in [0.29, 0.717) is 13.0 Å². The summed E-state index contributed by atoms with van der Waals surface area (Å²) in [6, 6.07) is 0. The normalized spacial score (nSPS) is 27.1. The van der Waals surface area contributed by atoms with Crippen LogP contribution in [-0.2, 0) is 14.0 Å². The van der Waals surface area contributed by atoms with E-state index in [1.807, 2.05) is 13.1 Å². The fraction of sp³-hybridized carbons (Fsp3) is 0.909. The summed E-state index contributed by atoms with van der Waals surface area (Å²) in [6.45, 7) is 10.8. The molecule has 5 heteroatoms. The lowest BCUT2D eigenvalue weighted by Gasteiger charge is -2.41. The summed E-state index contributed by atoms with van der Waals surface area (Å²) in [5.74, 6) is -2.38. The van der Waals surface area contributed by atoms with Gasteiger partial charge in [-0.15, -0.1) is 0 Å². The average Bonchev–Trinajstić information content (AvgIpc) is 2.50. The van der Waals surface area contributed by atoms with E-state index < -0.39 is 20.1 Å². The van der Waals surface area contributed by atoms with Crippen LogP contribution in [0.1, 0.15) is 33.6 Å². The molecule has 0 aromatic rings. The van der Waals surface area contributed by atoms with Gasteiger partial charge >= 0.3 is 5.97 Å². The molecule has 1 N–H and O–H groups in total. The topological polar surface area (TPSA) is 55.8 Å². The maximum atomic E-state index is 11.3. The summed E-state index contributed by atoms with van der Waals surface area (Å²) in [6.07, 6.45) is 1.20. The molecule has 0 saturated carbocycles. The number of carbonyl (C=O) groups is 1. The lowest BCUT2D eigenvalue weighted by atomic mass is 10.2. The molecule has 0 aromatic carbocycles. The van der Waals surface area contributed by atoms with E-state index >= 15 is 0 Å². The molecule has 0 aromatic heterocycles. The highest BCUT2D eigenvalue weighted by atomic mass is 28.4. The Hall–Kier alpha value is -0.393. The van der Waals surface area contributed by atoms with Gasteiger partial charge in [-0.25, -0.2) is 4.79 Å². The van der Waals surface area contributed by atoms with Crippen molar-refractivity contribution in [1.29, 1.82) is 0 Å². The average molecular weight is 246 g/mol. The summed E-state index contributed by atoms with van der Waals surface area (Å²) in [7, 11) is -2.11. The van der Waals surface area contributed by atoms with Gasteiger partial charge in [0, 0.05) is 6.42 Å². The molecule has 0 amide bonds. The van der Waals surface area contributed by atoms with Crippen LogP contribution in [0.3, 0.4) is 0 Å². The van der Waals surface area contributed by atoms with Crippen molar-refractivity contribution >= 4 is 14.3 Å². The lowest BCUT2D eigenvalue weighted by Crippen LogP contribution is -2.53. The molecule has 1 rings (SSSR count). The van der Waals surface area contributed by atoms with Crippen molar-refractivity contribution in [3.8, 4) is 0 Å². The molecule has 1 atom stereocenters. The number of carboxylic acid groups (broad SMARTS) is 1. The van der Waals surface area contributed by atoms with Gasteiger partial charge in [0.05, 0.1) is 6.61 Å². The first kappa shape index (κ1) is 13.7.